The third kappa shape index (κ3) is 12.2. The van der Waals surface area contributed by atoms with Crippen LogP contribution in [0.3, 0.4) is 0 Å². The molecule has 0 atom stereocenters. The van der Waals surface area contributed by atoms with E-state index in [2.05, 4.69) is 428 Å². The van der Waals surface area contributed by atoms with Crippen molar-refractivity contribution in [1.29, 1.82) is 0 Å². The summed E-state index contributed by atoms with van der Waals surface area (Å²) < 4.78 is 22.7. The fraction of sp³-hybridized carbons (Fsp3) is 0.0472. The number of furan rings is 2. The minimum absolute atomic E-state index is 0.154. The van der Waals surface area contributed by atoms with Crippen LogP contribution < -0.4 is 0 Å². The van der Waals surface area contributed by atoms with Crippen molar-refractivity contribution in [3.8, 4) is 124 Å². The Kier molecular flexibility index (Phi) is 17.3. The maximum absolute atomic E-state index is 6.67. The molecule has 0 radical (unpaired) electrons. The molecule has 27 aromatic rings. The first-order valence-electron chi connectivity index (χ1n) is 47.2. The Bertz CT molecular complexity index is 9630. The van der Waals surface area contributed by atoms with Gasteiger partial charge in [-0.15, -0.1) is 0 Å². The molecule has 0 amide bonds. The van der Waals surface area contributed by atoms with Gasteiger partial charge in [-0.2, -0.15) is 9.97 Å². The van der Waals surface area contributed by atoms with E-state index in [1.807, 2.05) is 48.5 Å². The standard InChI is InChI=1S/C67H44N4O.C60H39N5O/c1-67(2)56-24-14-12-22-48(56)50-36-53-51-34-44(45-29-33-64-54(35-45)55-37-52-49-23-13-15-25-60(49)70(46-20-10-5-11-21-46)63(52)40-65(55)72-64)28-32-61(51)71(62(53)38-57(50)67)47-30-26-43(27-31-47)66-68-58(41-16-6-3-7-17-41)39-59(69-66)42-18-8-4-9-19-42;1-60(2)49-24-14-12-22-41(49)43-32-46-44-30-38(26-28-52(44)65(53(46)34-50(43)60)59-62-57(36-16-6-3-7-17-36)61-58(63-59)37-18-8-4-9-19-37)39-27-29-55-47(31-39)48-33-45-42-23-13-15-25-51(42)64(40-20-10-5-11-21-40)54(45)35-56(48)66-55/h3-40H,1-2H3;3-35H,1-2H3. The Morgan fingerprint density at radius 2 is 0.493 bits per heavy atom. The van der Waals surface area contributed by atoms with Crippen LogP contribution in [-0.2, 0) is 10.8 Å². The van der Waals surface area contributed by atoms with Crippen LogP contribution in [0.5, 0.6) is 0 Å². The first kappa shape index (κ1) is 78.7. The van der Waals surface area contributed by atoms with E-state index in [1.54, 1.807) is 0 Å². The minimum atomic E-state index is -0.194. The van der Waals surface area contributed by atoms with Crippen molar-refractivity contribution in [3.05, 3.63) is 453 Å². The van der Waals surface area contributed by atoms with E-state index in [4.69, 9.17) is 33.8 Å². The fourth-order valence-corrected chi connectivity index (χ4v) is 22.6. The van der Waals surface area contributed by atoms with Crippen LogP contribution in [0.2, 0.25) is 0 Å². The van der Waals surface area contributed by atoms with Gasteiger partial charge in [0.05, 0.1) is 55.5 Å². The molecule has 0 saturated carbocycles. The van der Waals surface area contributed by atoms with Crippen molar-refractivity contribution in [2.75, 3.05) is 0 Å². The van der Waals surface area contributed by atoms with E-state index in [9.17, 15) is 0 Å². The second-order valence-electron chi connectivity index (χ2n) is 37.8. The van der Waals surface area contributed by atoms with Crippen molar-refractivity contribution in [2.45, 2.75) is 38.5 Å². The molecular weight excluding hydrogens is 1680 g/mol. The molecule has 19 aromatic carbocycles. The van der Waals surface area contributed by atoms with Gasteiger partial charge in [-0.25, -0.2) is 15.0 Å². The molecule has 0 aliphatic heterocycles. The first-order chi connectivity index (χ1) is 67.9. The van der Waals surface area contributed by atoms with Gasteiger partial charge >= 0.3 is 0 Å². The minimum Gasteiger partial charge on any atom is -0.456 e. The van der Waals surface area contributed by atoms with E-state index >= 15 is 0 Å². The van der Waals surface area contributed by atoms with Crippen LogP contribution in [0.4, 0.5) is 0 Å². The summed E-state index contributed by atoms with van der Waals surface area (Å²) >= 11 is 0. The lowest BCUT2D eigenvalue weighted by Gasteiger charge is -2.21. The van der Waals surface area contributed by atoms with Crippen LogP contribution in [0.15, 0.2) is 440 Å². The second-order valence-corrected chi connectivity index (χ2v) is 37.8. The first-order valence-corrected chi connectivity index (χ1v) is 47.2. The van der Waals surface area contributed by atoms with Gasteiger partial charge < -0.3 is 22.5 Å². The highest BCUT2D eigenvalue weighted by Gasteiger charge is 2.39. The average molecular weight is 1770 g/mol. The molecule has 8 heterocycles. The molecule has 0 unspecified atom stereocenters. The number of aromatic nitrogens is 9. The molecule has 2 aliphatic carbocycles. The van der Waals surface area contributed by atoms with Crippen molar-refractivity contribution >= 4 is 131 Å². The molecule has 29 rings (SSSR count). The van der Waals surface area contributed by atoms with Gasteiger partial charge in [-0.1, -0.05) is 295 Å². The number of nitrogens with zero attached hydrogens (tertiary/aromatic N) is 9. The lowest BCUT2D eigenvalue weighted by atomic mass is 9.82. The zero-order valence-electron chi connectivity index (χ0n) is 75.8. The maximum atomic E-state index is 6.67. The quantitative estimate of drug-likeness (QED) is 0.127. The summed E-state index contributed by atoms with van der Waals surface area (Å²) in [5, 5.41) is 14.0. The summed E-state index contributed by atoms with van der Waals surface area (Å²) in [7, 11) is 0. The van der Waals surface area contributed by atoms with E-state index in [0.717, 1.165) is 161 Å². The molecule has 8 aromatic heterocycles. The van der Waals surface area contributed by atoms with E-state index in [-0.39, 0.29) is 10.8 Å². The fourth-order valence-electron chi connectivity index (χ4n) is 22.6. The Labute approximate surface area is 793 Å². The summed E-state index contributed by atoms with van der Waals surface area (Å²) in [5.74, 6) is 2.52. The predicted molar refractivity (Wildman–Crippen MR) is 567 cm³/mol. The summed E-state index contributed by atoms with van der Waals surface area (Å²) in [4.78, 5) is 25.9. The maximum Gasteiger partial charge on any atom is 0.238 e. The monoisotopic (exact) mass is 1770 g/mol. The number of hydrogen-bond donors (Lipinski definition) is 0. The van der Waals surface area contributed by atoms with Gasteiger partial charge in [-0.3, -0.25) is 4.57 Å². The van der Waals surface area contributed by atoms with Crippen molar-refractivity contribution in [1.82, 2.24) is 43.2 Å². The van der Waals surface area contributed by atoms with Crippen LogP contribution in [-0.4, -0.2) is 43.2 Å². The second kappa shape index (κ2) is 30.3. The molecule has 11 heteroatoms. The summed E-state index contributed by atoms with van der Waals surface area (Å²) in [6.45, 7) is 9.39. The van der Waals surface area contributed by atoms with E-state index in [0.29, 0.717) is 23.4 Å². The highest BCUT2D eigenvalue weighted by molar-refractivity contribution is 6.21. The van der Waals surface area contributed by atoms with Gasteiger partial charge in [0.1, 0.15) is 22.3 Å². The molecule has 0 spiro atoms. The Morgan fingerprint density at radius 3 is 0.942 bits per heavy atom. The van der Waals surface area contributed by atoms with Gasteiger partial charge in [0, 0.05) is 132 Å². The largest absolute Gasteiger partial charge is 0.456 e. The third-order valence-corrected chi connectivity index (χ3v) is 29.3. The summed E-state index contributed by atoms with van der Waals surface area (Å²) in [6.07, 6.45) is 0. The zero-order valence-corrected chi connectivity index (χ0v) is 75.8. The molecule has 2 aliphatic rings. The zero-order chi connectivity index (χ0) is 91.3. The average Bonchev–Trinajstić information content (AvgIpc) is 1.55. The topological polar surface area (TPSA) is 110 Å². The molecule has 0 bridgehead atoms. The molecule has 138 heavy (non-hydrogen) atoms. The highest BCUT2D eigenvalue weighted by Crippen LogP contribution is 2.55. The van der Waals surface area contributed by atoms with Crippen molar-refractivity contribution in [3.63, 3.8) is 0 Å². The Morgan fingerprint density at radius 1 is 0.181 bits per heavy atom. The summed E-state index contributed by atoms with van der Waals surface area (Å²) in [5.41, 5.74) is 37.2. The molecule has 11 nitrogen and oxygen atoms in total. The molecule has 0 fully saturated rings. The van der Waals surface area contributed by atoms with Crippen LogP contribution in [0.1, 0.15) is 49.9 Å². The number of benzene rings is 19. The SMILES string of the molecule is CC1(C)c2ccccc2-c2cc3c4cc(-c5ccc6oc7cc8c(cc7c6c5)c5ccccc5n8-c5ccccc5)ccc4n(-c4ccc(-c5nc(-c6ccccc6)cc(-c6ccccc6)n5)cc4)c3cc21.CC1(C)c2ccccc2-c2cc3c4cc(-c5ccc6oc7cc8c(cc7c6c5)c5ccccc5n8-c5ccccc5)ccc4n(-c4nc(-c5ccccc5)nc(-c5ccccc5)n4)c3cc21. The normalized spacial score (nSPS) is 13.0. The smallest absolute Gasteiger partial charge is 0.238 e. The third-order valence-electron chi connectivity index (χ3n) is 29.3. The van der Waals surface area contributed by atoms with Gasteiger partial charge in [-0.05, 0) is 218 Å². The molecule has 0 saturated heterocycles. The Balaban J connectivity index is 0.000000137. The van der Waals surface area contributed by atoms with Crippen LogP contribution in [0, 0.1) is 0 Å². The van der Waals surface area contributed by atoms with Crippen LogP contribution >= 0.6 is 0 Å². The van der Waals surface area contributed by atoms with E-state index in [1.165, 1.54) is 93.4 Å². The summed E-state index contributed by atoms with van der Waals surface area (Å²) in [6, 6.07) is 154. The molecule has 0 N–H and O–H groups in total. The lowest BCUT2D eigenvalue weighted by Crippen LogP contribution is -2.15. The van der Waals surface area contributed by atoms with Gasteiger partial charge in [0.2, 0.25) is 5.95 Å². The highest BCUT2D eigenvalue weighted by atomic mass is 16.3. The lowest BCUT2D eigenvalue weighted by molar-refractivity contribution is 0.661. The van der Waals surface area contributed by atoms with Crippen LogP contribution in [0.25, 0.3) is 255 Å². The number of rotatable bonds is 11. The van der Waals surface area contributed by atoms with Crippen molar-refractivity contribution < 1.29 is 8.83 Å². The van der Waals surface area contributed by atoms with E-state index < -0.39 is 0 Å². The number of hydrogen-bond acceptors (Lipinski definition) is 7. The van der Waals surface area contributed by atoms with Gasteiger partial charge in [0.25, 0.3) is 0 Å². The van der Waals surface area contributed by atoms with Gasteiger partial charge in [0.15, 0.2) is 17.5 Å². The molecular formula is C127H83N9O2. The Hall–Kier alpha value is -17.9. The molecule has 648 valence electrons. The number of para-hydroxylation sites is 4. The predicted octanol–water partition coefficient (Wildman–Crippen LogP) is 32.8. The van der Waals surface area contributed by atoms with Crippen molar-refractivity contribution in [2.24, 2.45) is 0 Å². The number of fused-ring (bicyclic) bond motifs is 24.